The molecule has 0 aliphatic carbocycles. The van der Waals surface area contributed by atoms with Crippen LogP contribution in [0.5, 0.6) is 0 Å². The van der Waals surface area contributed by atoms with Gasteiger partial charge in [-0.2, -0.15) is 0 Å². The van der Waals surface area contributed by atoms with Crippen molar-refractivity contribution in [1.29, 1.82) is 0 Å². The van der Waals surface area contributed by atoms with Crippen LogP contribution in [-0.2, 0) is 9.59 Å². The molecule has 0 saturated heterocycles. The molecule has 2 atom stereocenters. The van der Waals surface area contributed by atoms with Gasteiger partial charge in [-0.1, -0.05) is 6.92 Å². The van der Waals surface area contributed by atoms with Crippen molar-refractivity contribution in [2.45, 2.75) is 19.9 Å². The summed E-state index contributed by atoms with van der Waals surface area (Å²) < 4.78 is 0. The van der Waals surface area contributed by atoms with Crippen molar-refractivity contribution in [1.82, 2.24) is 10.3 Å². The number of rotatable bonds is 4. The van der Waals surface area contributed by atoms with Crippen molar-refractivity contribution >= 4 is 28.4 Å². The van der Waals surface area contributed by atoms with Gasteiger partial charge in [0.2, 0.25) is 0 Å². The molecule has 6 heteroatoms. The summed E-state index contributed by atoms with van der Waals surface area (Å²) in [7, 11) is 0. The Morgan fingerprint density at radius 3 is 2.71 bits per heavy atom. The van der Waals surface area contributed by atoms with Gasteiger partial charge in [-0.3, -0.25) is 9.59 Å². The molecule has 0 saturated carbocycles. The smallest absolute Gasteiger partial charge is 0.313 e. The zero-order valence-corrected chi connectivity index (χ0v) is 12.0. The summed E-state index contributed by atoms with van der Waals surface area (Å²) in [5.41, 5.74) is 1.52. The molecule has 2 rings (SSSR count). The van der Waals surface area contributed by atoms with E-state index in [4.69, 9.17) is 5.11 Å². The number of carbonyl (C=O) groups excluding carboxylic acids is 2. The van der Waals surface area contributed by atoms with Crippen molar-refractivity contribution in [3.63, 3.8) is 0 Å². The second-order valence-corrected chi connectivity index (χ2v) is 5.16. The second-order valence-electron chi connectivity index (χ2n) is 5.16. The minimum atomic E-state index is -0.720. The molecule has 1 aromatic heterocycles. The van der Waals surface area contributed by atoms with E-state index < -0.39 is 11.8 Å². The van der Waals surface area contributed by atoms with Crippen LogP contribution in [0.25, 0.3) is 10.9 Å². The summed E-state index contributed by atoms with van der Waals surface area (Å²) in [6, 6.07) is 6.95. The van der Waals surface area contributed by atoms with Crippen molar-refractivity contribution in [2.75, 3.05) is 11.9 Å². The topological polar surface area (TPSA) is 94.2 Å². The Morgan fingerprint density at radius 1 is 1.24 bits per heavy atom. The van der Waals surface area contributed by atoms with E-state index >= 15 is 0 Å². The number of hydrogen-bond donors (Lipinski definition) is 4. The molecule has 0 bridgehead atoms. The van der Waals surface area contributed by atoms with E-state index in [1.807, 2.05) is 12.1 Å². The van der Waals surface area contributed by atoms with E-state index in [1.165, 1.54) is 0 Å². The SMILES string of the molecule is CC(CO)C(C)NC(=O)C(=O)Nc1ccc2[nH]ccc2c1. The molecular weight excluding hydrogens is 270 g/mol. The fraction of sp³-hybridized carbons (Fsp3) is 0.333. The van der Waals surface area contributed by atoms with Crippen LogP contribution >= 0.6 is 0 Å². The fourth-order valence-electron chi connectivity index (χ4n) is 1.89. The number of aliphatic hydroxyl groups excluding tert-OH is 1. The highest BCUT2D eigenvalue weighted by Crippen LogP contribution is 2.17. The summed E-state index contributed by atoms with van der Waals surface area (Å²) in [6.45, 7) is 3.49. The highest BCUT2D eigenvalue weighted by molar-refractivity contribution is 6.39. The number of aromatic nitrogens is 1. The first-order chi connectivity index (χ1) is 10.0. The third kappa shape index (κ3) is 3.61. The Kier molecular flexibility index (Phi) is 4.59. The average molecular weight is 289 g/mol. The van der Waals surface area contributed by atoms with E-state index in [-0.39, 0.29) is 18.6 Å². The monoisotopic (exact) mass is 289 g/mol. The summed E-state index contributed by atoms with van der Waals surface area (Å²) in [4.78, 5) is 26.7. The molecule has 0 radical (unpaired) electrons. The minimum Gasteiger partial charge on any atom is -0.396 e. The van der Waals surface area contributed by atoms with Crippen LogP contribution in [0.15, 0.2) is 30.5 Å². The number of amides is 2. The lowest BCUT2D eigenvalue weighted by atomic mass is 10.1. The zero-order chi connectivity index (χ0) is 15.4. The minimum absolute atomic E-state index is 0.0484. The van der Waals surface area contributed by atoms with Crippen LogP contribution in [0.1, 0.15) is 13.8 Å². The van der Waals surface area contributed by atoms with Gasteiger partial charge >= 0.3 is 11.8 Å². The number of H-pyrrole nitrogens is 1. The van der Waals surface area contributed by atoms with Gasteiger partial charge in [0, 0.05) is 35.4 Å². The fourth-order valence-corrected chi connectivity index (χ4v) is 1.89. The maximum Gasteiger partial charge on any atom is 0.313 e. The van der Waals surface area contributed by atoms with Gasteiger partial charge in [0.1, 0.15) is 0 Å². The maximum absolute atomic E-state index is 11.8. The first-order valence-corrected chi connectivity index (χ1v) is 6.81. The standard InChI is InChI=1S/C15H19N3O3/c1-9(8-19)10(2)17-14(20)15(21)18-12-3-4-13-11(7-12)5-6-16-13/h3-7,9-10,16,19H,8H2,1-2H3,(H,17,20)(H,18,21). The molecule has 0 aliphatic rings. The van der Waals surface area contributed by atoms with Gasteiger partial charge in [-0.15, -0.1) is 0 Å². The van der Waals surface area contributed by atoms with E-state index in [2.05, 4.69) is 15.6 Å². The summed E-state index contributed by atoms with van der Waals surface area (Å²) in [6.07, 6.45) is 1.81. The molecule has 0 spiro atoms. The van der Waals surface area contributed by atoms with Crippen LogP contribution in [0.2, 0.25) is 0 Å². The number of anilines is 1. The third-order valence-corrected chi connectivity index (χ3v) is 3.52. The largest absolute Gasteiger partial charge is 0.396 e. The Hall–Kier alpha value is -2.34. The summed E-state index contributed by atoms with van der Waals surface area (Å²) >= 11 is 0. The van der Waals surface area contributed by atoms with Crippen LogP contribution in [0.3, 0.4) is 0 Å². The summed E-state index contributed by atoms with van der Waals surface area (Å²) in [5, 5.41) is 15.1. The lowest BCUT2D eigenvalue weighted by Gasteiger charge is -2.18. The van der Waals surface area contributed by atoms with Crippen LogP contribution in [0.4, 0.5) is 5.69 Å². The molecule has 1 heterocycles. The average Bonchev–Trinajstić information content (AvgIpc) is 2.93. The molecule has 21 heavy (non-hydrogen) atoms. The molecule has 2 amide bonds. The second kappa shape index (κ2) is 6.41. The van der Waals surface area contributed by atoms with Crippen molar-refractivity contribution in [3.05, 3.63) is 30.5 Å². The van der Waals surface area contributed by atoms with E-state index in [0.717, 1.165) is 10.9 Å². The van der Waals surface area contributed by atoms with Gasteiger partial charge in [-0.05, 0) is 37.1 Å². The third-order valence-electron chi connectivity index (χ3n) is 3.52. The highest BCUT2D eigenvalue weighted by Gasteiger charge is 2.19. The maximum atomic E-state index is 11.8. The van der Waals surface area contributed by atoms with Crippen LogP contribution in [-0.4, -0.2) is 34.6 Å². The molecule has 112 valence electrons. The van der Waals surface area contributed by atoms with Crippen LogP contribution in [0, 0.1) is 5.92 Å². The molecule has 2 aromatic rings. The van der Waals surface area contributed by atoms with Gasteiger partial charge in [-0.25, -0.2) is 0 Å². The highest BCUT2D eigenvalue weighted by atomic mass is 16.3. The lowest BCUT2D eigenvalue weighted by molar-refractivity contribution is -0.136. The molecule has 1 aromatic carbocycles. The van der Waals surface area contributed by atoms with E-state index in [1.54, 1.807) is 32.2 Å². The number of aliphatic hydroxyl groups is 1. The molecule has 6 nitrogen and oxygen atoms in total. The number of carbonyl (C=O) groups is 2. The molecule has 4 N–H and O–H groups in total. The van der Waals surface area contributed by atoms with Crippen molar-refractivity contribution in [2.24, 2.45) is 5.92 Å². The Balaban J connectivity index is 1.98. The van der Waals surface area contributed by atoms with Gasteiger partial charge in [0.15, 0.2) is 0 Å². The number of fused-ring (bicyclic) bond motifs is 1. The molecular formula is C15H19N3O3. The Bertz CT molecular complexity index is 650. The van der Waals surface area contributed by atoms with Gasteiger partial charge in [0.25, 0.3) is 0 Å². The number of hydrogen-bond acceptors (Lipinski definition) is 3. The first-order valence-electron chi connectivity index (χ1n) is 6.81. The normalized spacial score (nSPS) is 13.7. The predicted octanol–water partition coefficient (Wildman–Crippen LogP) is 1.24. The summed E-state index contributed by atoms with van der Waals surface area (Å²) in [5.74, 6) is -1.54. The van der Waals surface area contributed by atoms with E-state index in [9.17, 15) is 9.59 Å². The quantitative estimate of drug-likeness (QED) is 0.638. The molecule has 2 unspecified atom stereocenters. The van der Waals surface area contributed by atoms with E-state index in [0.29, 0.717) is 5.69 Å². The van der Waals surface area contributed by atoms with Gasteiger partial charge < -0.3 is 20.7 Å². The number of benzene rings is 1. The van der Waals surface area contributed by atoms with Crippen LogP contribution < -0.4 is 10.6 Å². The Labute approximate surface area is 122 Å². The predicted molar refractivity (Wildman–Crippen MR) is 80.8 cm³/mol. The number of aromatic amines is 1. The molecule has 0 fully saturated rings. The lowest BCUT2D eigenvalue weighted by Crippen LogP contribution is -2.43. The van der Waals surface area contributed by atoms with Crippen molar-refractivity contribution < 1.29 is 14.7 Å². The molecule has 0 aliphatic heterocycles. The zero-order valence-electron chi connectivity index (χ0n) is 12.0. The first kappa shape index (κ1) is 15.1. The van der Waals surface area contributed by atoms with Gasteiger partial charge in [0.05, 0.1) is 0 Å². The number of nitrogens with one attached hydrogen (secondary N) is 3. The van der Waals surface area contributed by atoms with Crippen molar-refractivity contribution in [3.8, 4) is 0 Å². The Morgan fingerprint density at radius 2 is 2.00 bits per heavy atom.